The van der Waals surface area contributed by atoms with Crippen molar-refractivity contribution in [2.45, 2.75) is 63.4 Å². The number of ether oxygens (including phenoxy) is 1. The number of para-hydroxylation sites is 2. The van der Waals surface area contributed by atoms with E-state index in [4.69, 9.17) is 8.92 Å². The molecule has 2 aromatic rings. The zero-order valence-corrected chi connectivity index (χ0v) is 16.0. The fraction of sp³-hybridized carbons (Fsp3) is 0.526. The Morgan fingerprint density at radius 3 is 2.58 bits per heavy atom. The Kier molecular flexibility index (Phi) is 9.03. The number of benzene rings is 1. The summed E-state index contributed by atoms with van der Waals surface area (Å²) in [4.78, 5) is 30.7. The number of fused-ring (bicyclic) bond motifs is 1. The first-order valence-electron chi connectivity index (χ1n) is 9.16. The van der Waals surface area contributed by atoms with E-state index in [1.807, 2.05) is 24.3 Å². The van der Waals surface area contributed by atoms with Crippen LogP contribution in [-0.2, 0) is 18.5 Å². The van der Waals surface area contributed by atoms with Gasteiger partial charge in [0.2, 0.25) is 5.16 Å². The molecule has 0 atom stereocenters. The summed E-state index contributed by atoms with van der Waals surface area (Å²) in [5.74, 6) is -0.823. The summed E-state index contributed by atoms with van der Waals surface area (Å²) in [7, 11) is 0. The molecule has 0 fully saturated rings. The summed E-state index contributed by atoms with van der Waals surface area (Å²) in [5, 5.41) is 0.505. The Balaban J connectivity index is 1.54. The van der Waals surface area contributed by atoms with Crippen LogP contribution in [0.2, 0.25) is 0 Å². The van der Waals surface area contributed by atoms with Crippen molar-refractivity contribution < 1.29 is 18.5 Å². The summed E-state index contributed by atoms with van der Waals surface area (Å²) < 4.78 is 10.2. The van der Waals surface area contributed by atoms with Gasteiger partial charge in [-0.1, -0.05) is 51.2 Å². The van der Waals surface area contributed by atoms with Crippen molar-refractivity contribution in [3.05, 3.63) is 24.3 Å². The number of hydrogen-bond acceptors (Lipinski definition) is 6. The Morgan fingerprint density at radius 1 is 1.04 bits per heavy atom. The number of unbranched alkanes of at least 4 members (excludes halogenated alkanes) is 5. The lowest BCUT2D eigenvalue weighted by atomic mass is 10.1. The summed E-state index contributed by atoms with van der Waals surface area (Å²) in [6.45, 7) is 2.61. The summed E-state index contributed by atoms with van der Waals surface area (Å²) >= 11 is 0.868. The molecular weight excluding hydrogens is 352 g/mol. The van der Waals surface area contributed by atoms with E-state index in [0.29, 0.717) is 11.8 Å². The van der Waals surface area contributed by atoms with Gasteiger partial charge >= 0.3 is 11.9 Å². The van der Waals surface area contributed by atoms with E-state index in [9.17, 15) is 9.59 Å². The van der Waals surface area contributed by atoms with Crippen LogP contribution in [0, 0.1) is 0 Å². The largest absolute Gasteiger partial charge is 0.466 e. The van der Waals surface area contributed by atoms with E-state index in [-0.39, 0.29) is 18.8 Å². The molecule has 1 N–H and O–H groups in total. The molecular formula is C19H26N2O4S. The Labute approximate surface area is 158 Å². The first-order chi connectivity index (χ1) is 12.7. The molecule has 142 valence electrons. The molecule has 0 unspecified atom stereocenters. The fourth-order valence-electron chi connectivity index (χ4n) is 2.44. The van der Waals surface area contributed by atoms with Crippen LogP contribution in [0.5, 0.6) is 0 Å². The van der Waals surface area contributed by atoms with Gasteiger partial charge in [-0.05, 0) is 18.6 Å². The van der Waals surface area contributed by atoms with E-state index in [1.54, 1.807) is 0 Å². The maximum absolute atomic E-state index is 11.7. The standard InChI is InChI=1S/C19H26N2O4S/c1-2-3-4-5-6-9-14-24-17(22)12-13-18(23)25-26-19-20-15-10-7-8-11-16(15)21-19/h7-8,10-11H,2-6,9,12-14H2,1H3,(H,20,21). The van der Waals surface area contributed by atoms with Gasteiger partial charge in [-0.3, -0.25) is 9.59 Å². The lowest BCUT2D eigenvalue weighted by Gasteiger charge is -2.04. The Hall–Kier alpha value is -2.02. The molecule has 1 heterocycles. The number of H-pyrrole nitrogens is 1. The number of nitrogens with zero attached hydrogens (tertiary/aromatic N) is 1. The highest BCUT2D eigenvalue weighted by Gasteiger charge is 2.12. The van der Waals surface area contributed by atoms with Crippen molar-refractivity contribution in [1.29, 1.82) is 0 Å². The molecule has 6 nitrogen and oxygen atoms in total. The third-order valence-corrected chi connectivity index (χ3v) is 4.50. The second-order valence-corrected chi connectivity index (χ2v) is 6.81. The van der Waals surface area contributed by atoms with Crippen LogP contribution in [0.1, 0.15) is 58.3 Å². The van der Waals surface area contributed by atoms with Crippen LogP contribution in [0.3, 0.4) is 0 Å². The van der Waals surface area contributed by atoms with Crippen molar-refractivity contribution in [2.24, 2.45) is 0 Å². The number of carbonyl (C=O) groups is 2. The molecule has 0 amide bonds. The van der Waals surface area contributed by atoms with Crippen molar-refractivity contribution in [1.82, 2.24) is 9.97 Å². The van der Waals surface area contributed by atoms with E-state index < -0.39 is 5.97 Å². The van der Waals surface area contributed by atoms with Gasteiger partial charge in [0.25, 0.3) is 0 Å². The van der Waals surface area contributed by atoms with Gasteiger partial charge in [0, 0.05) is 0 Å². The van der Waals surface area contributed by atoms with Crippen LogP contribution < -0.4 is 0 Å². The van der Waals surface area contributed by atoms with Crippen LogP contribution in [0.4, 0.5) is 0 Å². The van der Waals surface area contributed by atoms with Gasteiger partial charge in [0.05, 0.1) is 30.5 Å². The number of aromatic nitrogens is 2. The van der Waals surface area contributed by atoms with Crippen LogP contribution >= 0.6 is 12.0 Å². The lowest BCUT2D eigenvalue weighted by Crippen LogP contribution is -2.09. The molecule has 7 heteroatoms. The van der Waals surface area contributed by atoms with Crippen LogP contribution in [-0.4, -0.2) is 28.5 Å². The molecule has 0 saturated carbocycles. The summed E-state index contributed by atoms with van der Waals surface area (Å²) in [6.07, 6.45) is 6.88. The first kappa shape index (κ1) is 20.3. The zero-order chi connectivity index (χ0) is 18.6. The van der Waals surface area contributed by atoms with Gasteiger partial charge < -0.3 is 13.9 Å². The second-order valence-electron chi connectivity index (χ2n) is 6.09. The monoisotopic (exact) mass is 378 g/mol. The van der Waals surface area contributed by atoms with E-state index in [1.165, 1.54) is 25.7 Å². The molecule has 0 saturated heterocycles. The number of rotatable bonds is 12. The van der Waals surface area contributed by atoms with Crippen molar-refractivity contribution in [3.63, 3.8) is 0 Å². The molecule has 0 aliphatic carbocycles. The highest BCUT2D eigenvalue weighted by atomic mass is 32.2. The number of nitrogens with one attached hydrogen (secondary N) is 1. The molecule has 0 radical (unpaired) electrons. The summed E-state index contributed by atoms with van der Waals surface area (Å²) in [5.41, 5.74) is 1.69. The predicted molar refractivity (Wildman–Crippen MR) is 102 cm³/mol. The third kappa shape index (κ3) is 7.47. The third-order valence-electron chi connectivity index (χ3n) is 3.88. The fourth-order valence-corrected chi connectivity index (χ4v) is 2.98. The molecule has 0 bridgehead atoms. The molecule has 26 heavy (non-hydrogen) atoms. The number of imidazole rings is 1. The number of esters is 1. The van der Waals surface area contributed by atoms with Gasteiger partial charge in [0.1, 0.15) is 12.0 Å². The van der Waals surface area contributed by atoms with E-state index in [2.05, 4.69) is 16.9 Å². The Morgan fingerprint density at radius 2 is 1.77 bits per heavy atom. The number of aromatic amines is 1. The normalized spacial score (nSPS) is 10.8. The van der Waals surface area contributed by atoms with Crippen LogP contribution in [0.15, 0.2) is 29.4 Å². The van der Waals surface area contributed by atoms with Gasteiger partial charge in [-0.15, -0.1) is 0 Å². The smallest absolute Gasteiger partial charge is 0.318 e. The topological polar surface area (TPSA) is 81.3 Å². The maximum Gasteiger partial charge on any atom is 0.318 e. The van der Waals surface area contributed by atoms with E-state index >= 15 is 0 Å². The highest BCUT2D eigenvalue weighted by molar-refractivity contribution is 7.94. The first-order valence-corrected chi connectivity index (χ1v) is 9.91. The van der Waals surface area contributed by atoms with Crippen molar-refractivity contribution >= 4 is 35.0 Å². The number of carbonyl (C=O) groups excluding carboxylic acids is 2. The average molecular weight is 378 g/mol. The second kappa shape index (κ2) is 11.6. The average Bonchev–Trinajstić information content (AvgIpc) is 3.07. The van der Waals surface area contributed by atoms with Crippen molar-refractivity contribution in [3.8, 4) is 0 Å². The predicted octanol–water partition coefficient (Wildman–Crippen LogP) is 4.80. The maximum atomic E-state index is 11.7. The SMILES string of the molecule is CCCCCCCCOC(=O)CCC(=O)OSc1nc2ccccc2[nH]1. The van der Waals surface area contributed by atoms with Crippen molar-refractivity contribution in [2.75, 3.05) is 6.61 Å². The van der Waals surface area contributed by atoms with Crippen LogP contribution in [0.25, 0.3) is 11.0 Å². The minimum Gasteiger partial charge on any atom is -0.466 e. The highest BCUT2D eigenvalue weighted by Crippen LogP contribution is 2.20. The summed E-state index contributed by atoms with van der Waals surface area (Å²) in [6, 6.07) is 7.56. The van der Waals surface area contributed by atoms with Gasteiger partial charge in [-0.2, -0.15) is 0 Å². The zero-order valence-electron chi connectivity index (χ0n) is 15.2. The Bertz CT molecular complexity index is 669. The quantitative estimate of drug-likeness (QED) is 0.325. The molecule has 1 aromatic carbocycles. The lowest BCUT2D eigenvalue weighted by molar-refractivity contribution is -0.146. The van der Waals surface area contributed by atoms with Gasteiger partial charge in [0.15, 0.2) is 0 Å². The number of hydrogen-bond donors (Lipinski definition) is 1. The van der Waals surface area contributed by atoms with Gasteiger partial charge in [-0.25, -0.2) is 4.98 Å². The molecule has 0 aliphatic rings. The minimum absolute atomic E-state index is 0.00254. The molecule has 1 aromatic heterocycles. The van der Waals surface area contributed by atoms with E-state index in [0.717, 1.165) is 35.9 Å². The molecule has 2 rings (SSSR count). The minimum atomic E-state index is -0.466. The molecule has 0 aliphatic heterocycles. The molecule has 0 spiro atoms.